The zero-order valence-corrected chi connectivity index (χ0v) is 13.9. The summed E-state index contributed by atoms with van der Waals surface area (Å²) < 4.78 is 14.7. The number of nitrogens with one attached hydrogen (secondary N) is 3. The highest BCUT2D eigenvalue weighted by atomic mass is 19.1. The summed E-state index contributed by atoms with van der Waals surface area (Å²) in [5.41, 5.74) is 7.77. The Morgan fingerprint density at radius 2 is 2.04 bits per heavy atom. The predicted molar refractivity (Wildman–Crippen MR) is 96.5 cm³/mol. The van der Waals surface area contributed by atoms with Crippen LogP contribution in [-0.4, -0.2) is 17.4 Å². The van der Waals surface area contributed by atoms with Gasteiger partial charge in [-0.15, -0.1) is 0 Å². The standard InChI is InChI=1S/C20H16FN3O2/c21-16-8-11(4-5-13(16)12-6-7-22-9-12)19-15-10-26-24-20(25)14-2-1-3-17(23-19)18(14)15/h1-5,8-9,22-23H,6-7,10H2,(H,24,25). The first kappa shape index (κ1) is 15.2. The van der Waals surface area contributed by atoms with Crippen molar-refractivity contribution >= 4 is 22.4 Å². The molecule has 1 aromatic heterocycles. The Labute approximate surface area is 148 Å². The lowest BCUT2D eigenvalue weighted by molar-refractivity contribution is 0.0256. The number of benzene rings is 2. The SMILES string of the molecule is O=C1NOCc2c(-c3ccc(C4=CNCC4)c(F)c3)[nH]c3cccc1c23. The van der Waals surface area contributed by atoms with Gasteiger partial charge in [0.15, 0.2) is 0 Å². The van der Waals surface area contributed by atoms with E-state index in [1.165, 1.54) is 6.07 Å². The molecule has 0 aliphatic carbocycles. The highest BCUT2D eigenvalue weighted by molar-refractivity contribution is 6.09. The van der Waals surface area contributed by atoms with Crippen molar-refractivity contribution in [1.29, 1.82) is 0 Å². The van der Waals surface area contributed by atoms with Crippen molar-refractivity contribution in [3.05, 3.63) is 65.1 Å². The Balaban J connectivity index is 1.68. The van der Waals surface area contributed by atoms with E-state index < -0.39 is 0 Å². The smallest absolute Gasteiger partial charge is 0.275 e. The fourth-order valence-corrected chi connectivity index (χ4v) is 3.74. The fraction of sp³-hybridized carbons (Fsp3) is 0.150. The molecule has 5 nitrogen and oxygen atoms in total. The summed E-state index contributed by atoms with van der Waals surface area (Å²) in [5, 5.41) is 3.94. The van der Waals surface area contributed by atoms with Gasteiger partial charge < -0.3 is 10.3 Å². The molecular weight excluding hydrogens is 333 g/mol. The highest BCUT2D eigenvalue weighted by Gasteiger charge is 2.23. The first-order chi connectivity index (χ1) is 12.7. The number of aromatic amines is 1. The molecule has 0 spiro atoms. The zero-order chi connectivity index (χ0) is 17.7. The maximum Gasteiger partial charge on any atom is 0.275 e. The van der Waals surface area contributed by atoms with Crippen molar-refractivity contribution in [1.82, 2.24) is 15.8 Å². The van der Waals surface area contributed by atoms with Gasteiger partial charge in [-0.3, -0.25) is 9.63 Å². The molecular formula is C20H16FN3O2. The molecule has 1 amide bonds. The lowest BCUT2D eigenvalue weighted by Gasteiger charge is -2.08. The van der Waals surface area contributed by atoms with Crippen LogP contribution in [0.4, 0.5) is 4.39 Å². The lowest BCUT2D eigenvalue weighted by Crippen LogP contribution is -2.21. The molecule has 0 radical (unpaired) electrons. The average Bonchev–Trinajstić information content (AvgIpc) is 3.26. The van der Waals surface area contributed by atoms with Crippen LogP contribution in [0.1, 0.15) is 27.9 Å². The third kappa shape index (κ3) is 2.23. The van der Waals surface area contributed by atoms with Gasteiger partial charge in [0.2, 0.25) is 0 Å². The van der Waals surface area contributed by atoms with Crippen molar-refractivity contribution in [3.63, 3.8) is 0 Å². The molecule has 2 aliphatic rings. The molecule has 5 rings (SSSR count). The summed E-state index contributed by atoms with van der Waals surface area (Å²) in [5.74, 6) is -0.533. The Morgan fingerprint density at radius 3 is 2.85 bits per heavy atom. The van der Waals surface area contributed by atoms with Crippen LogP contribution in [0.3, 0.4) is 0 Å². The fourth-order valence-electron chi connectivity index (χ4n) is 3.74. The Kier molecular flexibility index (Phi) is 3.33. The van der Waals surface area contributed by atoms with E-state index in [0.717, 1.165) is 46.3 Å². The first-order valence-electron chi connectivity index (χ1n) is 8.51. The number of halogens is 1. The van der Waals surface area contributed by atoms with Crippen molar-refractivity contribution in [2.75, 3.05) is 6.54 Å². The van der Waals surface area contributed by atoms with Gasteiger partial charge in [0, 0.05) is 40.3 Å². The molecule has 130 valence electrons. The van der Waals surface area contributed by atoms with Crippen LogP contribution in [0.2, 0.25) is 0 Å². The number of carbonyl (C=O) groups is 1. The third-order valence-corrected chi connectivity index (χ3v) is 4.97. The molecule has 26 heavy (non-hydrogen) atoms. The normalized spacial score (nSPS) is 16.2. The quantitative estimate of drug-likeness (QED) is 0.664. The van der Waals surface area contributed by atoms with Crippen molar-refractivity contribution in [3.8, 4) is 11.3 Å². The lowest BCUT2D eigenvalue weighted by atomic mass is 9.99. The molecule has 0 saturated heterocycles. The maximum atomic E-state index is 14.7. The van der Waals surface area contributed by atoms with E-state index in [-0.39, 0.29) is 18.3 Å². The summed E-state index contributed by atoms with van der Waals surface area (Å²) in [7, 11) is 0. The van der Waals surface area contributed by atoms with E-state index >= 15 is 0 Å². The topological polar surface area (TPSA) is 66.2 Å². The molecule has 3 aromatic rings. The summed E-state index contributed by atoms with van der Waals surface area (Å²) in [6.07, 6.45) is 2.69. The van der Waals surface area contributed by atoms with Crippen molar-refractivity contribution in [2.45, 2.75) is 13.0 Å². The predicted octanol–water partition coefficient (Wildman–Crippen LogP) is 3.48. The van der Waals surface area contributed by atoms with E-state index in [1.807, 2.05) is 30.5 Å². The number of hydrogen-bond donors (Lipinski definition) is 3. The van der Waals surface area contributed by atoms with Crippen LogP contribution in [-0.2, 0) is 11.4 Å². The molecule has 3 N–H and O–H groups in total. The average molecular weight is 349 g/mol. The minimum atomic E-state index is -0.276. The second-order valence-corrected chi connectivity index (χ2v) is 6.49. The minimum Gasteiger partial charge on any atom is -0.390 e. The molecule has 3 heterocycles. The monoisotopic (exact) mass is 349 g/mol. The maximum absolute atomic E-state index is 14.7. The minimum absolute atomic E-state index is 0.219. The second kappa shape index (κ2) is 5.71. The van der Waals surface area contributed by atoms with E-state index in [2.05, 4.69) is 15.8 Å². The van der Waals surface area contributed by atoms with Gasteiger partial charge in [-0.05, 0) is 30.2 Å². The van der Waals surface area contributed by atoms with Gasteiger partial charge in [0.05, 0.1) is 11.3 Å². The van der Waals surface area contributed by atoms with E-state index in [9.17, 15) is 9.18 Å². The number of hydrogen-bond acceptors (Lipinski definition) is 3. The molecule has 2 aromatic carbocycles. The second-order valence-electron chi connectivity index (χ2n) is 6.49. The summed E-state index contributed by atoms with van der Waals surface area (Å²) in [6.45, 7) is 1.06. The molecule has 0 saturated carbocycles. The molecule has 2 aliphatic heterocycles. The zero-order valence-electron chi connectivity index (χ0n) is 13.9. The van der Waals surface area contributed by atoms with Crippen molar-refractivity contribution in [2.24, 2.45) is 0 Å². The Morgan fingerprint density at radius 1 is 1.12 bits per heavy atom. The Hall–Kier alpha value is -3.12. The summed E-state index contributed by atoms with van der Waals surface area (Å²) >= 11 is 0. The third-order valence-electron chi connectivity index (χ3n) is 4.97. The van der Waals surface area contributed by atoms with Gasteiger partial charge >= 0.3 is 0 Å². The number of hydroxylamine groups is 1. The first-order valence-corrected chi connectivity index (χ1v) is 8.51. The molecule has 0 atom stereocenters. The molecule has 0 bridgehead atoms. The number of rotatable bonds is 2. The number of carbonyl (C=O) groups excluding carboxylic acids is 1. The van der Waals surface area contributed by atoms with E-state index in [1.54, 1.807) is 6.07 Å². The van der Waals surface area contributed by atoms with Crippen LogP contribution in [0.15, 0.2) is 42.6 Å². The van der Waals surface area contributed by atoms with Crippen LogP contribution < -0.4 is 10.8 Å². The van der Waals surface area contributed by atoms with Crippen LogP contribution in [0, 0.1) is 5.82 Å². The largest absolute Gasteiger partial charge is 0.390 e. The van der Waals surface area contributed by atoms with Gasteiger partial charge in [-0.25, -0.2) is 9.87 Å². The summed E-state index contributed by atoms with van der Waals surface area (Å²) in [6, 6.07) is 10.7. The highest BCUT2D eigenvalue weighted by Crippen LogP contribution is 2.35. The molecule has 0 unspecified atom stereocenters. The van der Waals surface area contributed by atoms with Crippen LogP contribution >= 0.6 is 0 Å². The number of H-pyrrole nitrogens is 1. The number of amides is 1. The van der Waals surface area contributed by atoms with Gasteiger partial charge in [-0.1, -0.05) is 18.2 Å². The Bertz CT molecular complexity index is 1080. The van der Waals surface area contributed by atoms with Crippen LogP contribution in [0.25, 0.3) is 27.7 Å². The van der Waals surface area contributed by atoms with E-state index in [4.69, 9.17) is 4.84 Å². The van der Waals surface area contributed by atoms with Crippen LogP contribution in [0.5, 0.6) is 0 Å². The van der Waals surface area contributed by atoms with E-state index in [0.29, 0.717) is 11.1 Å². The molecule has 6 heteroatoms. The van der Waals surface area contributed by atoms with Gasteiger partial charge in [0.25, 0.3) is 5.91 Å². The van der Waals surface area contributed by atoms with Gasteiger partial charge in [0.1, 0.15) is 12.4 Å². The summed E-state index contributed by atoms with van der Waals surface area (Å²) in [4.78, 5) is 20.8. The van der Waals surface area contributed by atoms with Gasteiger partial charge in [-0.2, -0.15) is 0 Å². The van der Waals surface area contributed by atoms with Crippen molar-refractivity contribution < 1.29 is 14.0 Å². The molecule has 0 fully saturated rings. The number of aromatic nitrogens is 1.